The van der Waals surface area contributed by atoms with Gasteiger partial charge in [0.15, 0.2) is 0 Å². The quantitative estimate of drug-likeness (QED) is 0.767. The predicted octanol–water partition coefficient (Wildman–Crippen LogP) is 0.740. The second-order valence-corrected chi connectivity index (χ2v) is 5.19. The zero-order valence-corrected chi connectivity index (χ0v) is 10.9. The third kappa shape index (κ3) is 2.28. The average molecular weight is 262 g/mol. The van der Waals surface area contributed by atoms with Crippen LogP contribution in [0.2, 0.25) is 0 Å². The van der Waals surface area contributed by atoms with Gasteiger partial charge in [0.1, 0.15) is 5.82 Å². The fourth-order valence-corrected chi connectivity index (χ4v) is 2.60. The molecule has 2 heterocycles. The van der Waals surface area contributed by atoms with Crippen molar-refractivity contribution in [2.45, 2.75) is 50.7 Å². The maximum atomic E-state index is 12.2. The summed E-state index contributed by atoms with van der Waals surface area (Å²) >= 11 is 0. The molecule has 102 valence electrons. The monoisotopic (exact) mass is 262 g/mol. The van der Waals surface area contributed by atoms with Gasteiger partial charge in [-0.1, -0.05) is 6.92 Å². The van der Waals surface area contributed by atoms with Crippen molar-refractivity contribution in [3.05, 3.63) is 18.2 Å². The highest BCUT2D eigenvalue weighted by molar-refractivity contribution is 6.06. The summed E-state index contributed by atoms with van der Waals surface area (Å²) in [6.45, 7) is 2.03. The minimum atomic E-state index is -0.400. The highest BCUT2D eigenvalue weighted by Gasteiger charge is 2.46. The van der Waals surface area contributed by atoms with Gasteiger partial charge in [0.05, 0.1) is 18.5 Å². The molecule has 3 rings (SSSR count). The van der Waals surface area contributed by atoms with Gasteiger partial charge in [0.2, 0.25) is 11.8 Å². The van der Waals surface area contributed by atoms with E-state index >= 15 is 0 Å². The molecule has 2 N–H and O–H groups in total. The first-order chi connectivity index (χ1) is 9.20. The Morgan fingerprint density at radius 2 is 2.32 bits per heavy atom. The molecule has 1 aliphatic heterocycles. The molecule has 2 unspecified atom stereocenters. The first-order valence-corrected chi connectivity index (χ1v) is 6.82. The van der Waals surface area contributed by atoms with Crippen molar-refractivity contribution in [3.8, 4) is 0 Å². The predicted molar refractivity (Wildman–Crippen MR) is 68.0 cm³/mol. The van der Waals surface area contributed by atoms with Crippen LogP contribution in [0, 0.1) is 0 Å². The number of amides is 2. The van der Waals surface area contributed by atoms with Crippen molar-refractivity contribution in [1.29, 1.82) is 0 Å². The average Bonchev–Trinajstić information content (AvgIpc) is 2.99. The van der Waals surface area contributed by atoms with Gasteiger partial charge in [0, 0.05) is 18.4 Å². The van der Waals surface area contributed by atoms with Crippen LogP contribution in [0.3, 0.4) is 0 Å². The molecule has 6 nitrogen and oxygen atoms in total. The Kier molecular flexibility index (Phi) is 3.10. The van der Waals surface area contributed by atoms with Gasteiger partial charge in [0.25, 0.3) is 0 Å². The van der Waals surface area contributed by atoms with Crippen molar-refractivity contribution < 1.29 is 9.59 Å². The van der Waals surface area contributed by atoms with Gasteiger partial charge in [-0.3, -0.25) is 19.8 Å². The van der Waals surface area contributed by atoms with Crippen LogP contribution in [-0.2, 0) is 9.59 Å². The molecule has 0 spiro atoms. The van der Waals surface area contributed by atoms with Crippen LogP contribution in [-0.4, -0.2) is 38.8 Å². The van der Waals surface area contributed by atoms with E-state index in [1.54, 1.807) is 12.4 Å². The summed E-state index contributed by atoms with van der Waals surface area (Å²) in [6, 6.07) is -0.255. The molecule has 2 fully saturated rings. The van der Waals surface area contributed by atoms with E-state index in [9.17, 15) is 9.59 Å². The highest BCUT2D eigenvalue weighted by atomic mass is 16.2. The van der Waals surface area contributed by atoms with Crippen molar-refractivity contribution in [3.63, 3.8) is 0 Å². The van der Waals surface area contributed by atoms with Gasteiger partial charge in [-0.15, -0.1) is 0 Å². The molecule has 1 saturated carbocycles. The van der Waals surface area contributed by atoms with Gasteiger partial charge in [-0.05, 0) is 19.3 Å². The van der Waals surface area contributed by atoms with E-state index in [1.165, 1.54) is 4.90 Å². The van der Waals surface area contributed by atoms with Crippen LogP contribution in [0.1, 0.15) is 44.5 Å². The van der Waals surface area contributed by atoms with Crippen molar-refractivity contribution in [2.75, 3.05) is 0 Å². The topological polar surface area (TPSA) is 78.1 Å². The van der Waals surface area contributed by atoms with Crippen LogP contribution in [0.4, 0.5) is 0 Å². The fraction of sp³-hybridized carbons (Fsp3) is 0.615. The lowest BCUT2D eigenvalue weighted by molar-refractivity contribution is -0.139. The summed E-state index contributed by atoms with van der Waals surface area (Å²) in [6.07, 6.45) is 6.45. The Balaban J connectivity index is 1.69. The molecular formula is C13H18N4O2. The number of nitrogens with zero attached hydrogens (tertiary/aromatic N) is 2. The third-order valence-electron chi connectivity index (χ3n) is 3.76. The SMILES string of the molecule is CCC(NC1CC(=O)N(C2CC2)C1=O)c1ncc[nH]1. The lowest BCUT2D eigenvalue weighted by Crippen LogP contribution is -2.41. The molecule has 0 bridgehead atoms. The van der Waals surface area contributed by atoms with Crippen molar-refractivity contribution in [1.82, 2.24) is 20.2 Å². The summed E-state index contributed by atoms with van der Waals surface area (Å²) in [4.78, 5) is 32.8. The van der Waals surface area contributed by atoms with E-state index in [0.29, 0.717) is 0 Å². The minimum Gasteiger partial charge on any atom is -0.347 e. The maximum Gasteiger partial charge on any atom is 0.247 e. The van der Waals surface area contributed by atoms with E-state index in [1.807, 2.05) is 6.92 Å². The van der Waals surface area contributed by atoms with Crippen LogP contribution >= 0.6 is 0 Å². The number of likely N-dealkylation sites (tertiary alicyclic amines) is 1. The Bertz CT molecular complexity index is 481. The number of aromatic nitrogens is 2. The minimum absolute atomic E-state index is 0.0177. The Labute approximate surface area is 111 Å². The van der Waals surface area contributed by atoms with E-state index < -0.39 is 6.04 Å². The molecule has 1 aromatic rings. The molecule has 6 heteroatoms. The summed E-state index contributed by atoms with van der Waals surface area (Å²) < 4.78 is 0. The van der Waals surface area contributed by atoms with Crippen molar-refractivity contribution in [2.24, 2.45) is 0 Å². The van der Waals surface area contributed by atoms with E-state index in [-0.39, 0.29) is 30.3 Å². The number of H-pyrrole nitrogens is 1. The van der Waals surface area contributed by atoms with Crippen LogP contribution < -0.4 is 5.32 Å². The third-order valence-corrected chi connectivity index (χ3v) is 3.76. The van der Waals surface area contributed by atoms with Gasteiger partial charge >= 0.3 is 0 Å². The van der Waals surface area contributed by atoms with Crippen LogP contribution in [0.5, 0.6) is 0 Å². The second-order valence-electron chi connectivity index (χ2n) is 5.19. The second kappa shape index (κ2) is 4.77. The van der Waals surface area contributed by atoms with Crippen molar-refractivity contribution >= 4 is 11.8 Å². The zero-order chi connectivity index (χ0) is 13.4. The smallest absolute Gasteiger partial charge is 0.247 e. The number of nitrogens with one attached hydrogen (secondary N) is 2. The van der Waals surface area contributed by atoms with Gasteiger partial charge in [-0.25, -0.2) is 4.98 Å². The normalized spacial score (nSPS) is 25.1. The number of hydrogen-bond donors (Lipinski definition) is 2. The number of imidazole rings is 1. The molecule has 2 atom stereocenters. The number of aromatic amines is 1. The molecule has 2 amide bonds. The standard InChI is InChI=1S/C13H18N4O2/c1-2-9(12-14-5-6-15-12)16-10-7-11(18)17(13(10)19)8-3-4-8/h5-6,8-10,16H,2-4,7H2,1H3,(H,14,15). The number of carbonyl (C=O) groups is 2. The first-order valence-electron chi connectivity index (χ1n) is 6.82. The molecular weight excluding hydrogens is 244 g/mol. The van der Waals surface area contributed by atoms with Gasteiger partial charge < -0.3 is 4.98 Å². The molecule has 1 aliphatic carbocycles. The molecule has 0 aromatic carbocycles. The van der Waals surface area contributed by atoms with Gasteiger partial charge in [-0.2, -0.15) is 0 Å². The molecule has 19 heavy (non-hydrogen) atoms. The highest BCUT2D eigenvalue weighted by Crippen LogP contribution is 2.32. The zero-order valence-electron chi connectivity index (χ0n) is 10.9. The Morgan fingerprint density at radius 1 is 1.53 bits per heavy atom. The number of imide groups is 1. The van der Waals surface area contributed by atoms with E-state index in [0.717, 1.165) is 25.1 Å². The molecule has 0 radical (unpaired) electrons. The summed E-state index contributed by atoms with van der Waals surface area (Å²) in [5.41, 5.74) is 0. The maximum absolute atomic E-state index is 12.2. The number of hydrogen-bond acceptors (Lipinski definition) is 4. The molecule has 2 aliphatic rings. The molecule has 1 aromatic heterocycles. The van der Waals surface area contributed by atoms with Crippen LogP contribution in [0.15, 0.2) is 12.4 Å². The fourth-order valence-electron chi connectivity index (χ4n) is 2.60. The lowest BCUT2D eigenvalue weighted by atomic mass is 10.1. The Morgan fingerprint density at radius 3 is 2.89 bits per heavy atom. The Hall–Kier alpha value is -1.69. The molecule has 1 saturated heterocycles. The first kappa shape index (κ1) is 12.3. The lowest BCUT2D eigenvalue weighted by Gasteiger charge is -2.19. The summed E-state index contributed by atoms with van der Waals surface area (Å²) in [5, 5.41) is 3.26. The number of carbonyl (C=O) groups excluding carboxylic acids is 2. The number of rotatable bonds is 5. The van der Waals surface area contributed by atoms with E-state index in [4.69, 9.17) is 0 Å². The summed E-state index contributed by atoms with van der Waals surface area (Å²) in [5.74, 6) is 0.699. The summed E-state index contributed by atoms with van der Waals surface area (Å²) in [7, 11) is 0. The van der Waals surface area contributed by atoms with E-state index in [2.05, 4.69) is 15.3 Å². The largest absolute Gasteiger partial charge is 0.347 e. The van der Waals surface area contributed by atoms with Crippen LogP contribution in [0.25, 0.3) is 0 Å².